The highest BCUT2D eigenvalue weighted by molar-refractivity contribution is 5.82. The van der Waals surface area contributed by atoms with Gasteiger partial charge in [0.25, 0.3) is 0 Å². The van der Waals surface area contributed by atoms with Crippen LogP contribution in [0.1, 0.15) is 58.3 Å². The molecule has 0 radical (unpaired) electrons. The zero-order chi connectivity index (χ0) is 18.1. The zero-order valence-corrected chi connectivity index (χ0v) is 15.5. The standard InChI is InChI=1S/C19H32N4O3/c1-2-5-16-21-19-17(23-22-16)12-6-3-4-7-13(12)20-18(26-19)11-8-9-14(24)15(25)10-11/h9,11-13,15,17-20,23-25H,2-8,10H2,1H3,(H,21,22). The lowest BCUT2D eigenvalue weighted by atomic mass is 9.79. The zero-order valence-electron chi connectivity index (χ0n) is 15.5. The van der Waals surface area contributed by atoms with E-state index in [9.17, 15) is 10.2 Å². The third-order valence-corrected chi connectivity index (χ3v) is 6.33. The summed E-state index contributed by atoms with van der Waals surface area (Å²) in [5.41, 5.74) is 6.78. The highest BCUT2D eigenvalue weighted by Gasteiger charge is 2.45. The van der Waals surface area contributed by atoms with Crippen LogP contribution in [0.15, 0.2) is 16.8 Å². The fraction of sp³-hybridized carbons (Fsp3) is 0.842. The first kappa shape index (κ1) is 18.2. The highest BCUT2D eigenvalue weighted by atomic mass is 16.5. The predicted molar refractivity (Wildman–Crippen MR) is 99.4 cm³/mol. The minimum atomic E-state index is -0.786. The van der Waals surface area contributed by atoms with Crippen LogP contribution in [0, 0.1) is 11.8 Å². The highest BCUT2D eigenvalue weighted by Crippen LogP contribution is 2.36. The number of aliphatic hydroxyl groups is 2. The molecule has 26 heavy (non-hydrogen) atoms. The lowest BCUT2D eigenvalue weighted by molar-refractivity contribution is -0.0745. The Hall–Kier alpha value is -1.15. The lowest BCUT2D eigenvalue weighted by Crippen LogP contribution is -2.59. The van der Waals surface area contributed by atoms with Gasteiger partial charge in [0.1, 0.15) is 23.9 Å². The van der Waals surface area contributed by atoms with E-state index in [0.29, 0.717) is 24.8 Å². The van der Waals surface area contributed by atoms with E-state index in [2.05, 4.69) is 23.1 Å². The van der Waals surface area contributed by atoms with Crippen LogP contribution in [-0.2, 0) is 4.74 Å². The van der Waals surface area contributed by atoms with Crippen LogP contribution in [0.3, 0.4) is 0 Å². The number of nitrogens with one attached hydrogen (secondary N) is 3. The van der Waals surface area contributed by atoms with Gasteiger partial charge in [0, 0.05) is 18.4 Å². The third-order valence-electron chi connectivity index (χ3n) is 6.33. The number of ether oxygens (including phenoxy) is 1. The van der Waals surface area contributed by atoms with Crippen LogP contribution in [0.2, 0.25) is 0 Å². The Morgan fingerprint density at radius 2 is 2.15 bits per heavy atom. The van der Waals surface area contributed by atoms with Gasteiger partial charge in [0.05, 0.1) is 6.04 Å². The van der Waals surface area contributed by atoms with Crippen molar-refractivity contribution in [2.45, 2.75) is 88.9 Å². The van der Waals surface area contributed by atoms with Gasteiger partial charge in [-0.05, 0) is 44.1 Å². The van der Waals surface area contributed by atoms with Crippen molar-refractivity contribution in [3.8, 4) is 0 Å². The van der Waals surface area contributed by atoms with Crippen molar-refractivity contribution in [3.63, 3.8) is 0 Å². The number of aliphatic hydroxyl groups excluding tert-OH is 2. The van der Waals surface area contributed by atoms with Gasteiger partial charge in [-0.1, -0.05) is 19.8 Å². The van der Waals surface area contributed by atoms with Gasteiger partial charge >= 0.3 is 0 Å². The second-order valence-corrected chi connectivity index (χ2v) is 8.17. The summed E-state index contributed by atoms with van der Waals surface area (Å²) in [6.45, 7) is 2.15. The molecule has 2 heterocycles. The summed E-state index contributed by atoms with van der Waals surface area (Å²) in [6.07, 6.45) is 8.59. The minimum Gasteiger partial charge on any atom is -0.510 e. The lowest BCUT2D eigenvalue weighted by Gasteiger charge is -2.39. The second kappa shape index (κ2) is 7.84. The average molecular weight is 364 g/mol. The molecule has 0 bridgehead atoms. The van der Waals surface area contributed by atoms with Gasteiger partial charge in [-0.2, -0.15) is 0 Å². The number of fused-ring (bicyclic) bond motifs is 3. The molecule has 1 saturated carbocycles. The first-order valence-electron chi connectivity index (χ1n) is 10.2. The maximum absolute atomic E-state index is 10.1. The molecular formula is C19H32N4O3. The van der Waals surface area contributed by atoms with Gasteiger partial charge in [-0.3, -0.25) is 5.32 Å². The van der Waals surface area contributed by atoms with Crippen molar-refractivity contribution in [2.75, 3.05) is 0 Å². The molecule has 7 unspecified atom stereocenters. The van der Waals surface area contributed by atoms with Crippen LogP contribution in [0.4, 0.5) is 0 Å². The number of hydrogen-bond acceptors (Lipinski definition) is 7. The molecule has 5 N–H and O–H groups in total. The summed E-state index contributed by atoms with van der Waals surface area (Å²) in [7, 11) is 0. The molecule has 4 rings (SSSR count). The molecule has 2 aliphatic heterocycles. The summed E-state index contributed by atoms with van der Waals surface area (Å²) in [5.74, 6) is 1.68. The smallest absolute Gasteiger partial charge is 0.169 e. The Balaban J connectivity index is 1.57. The minimum absolute atomic E-state index is 0.0927. The van der Waals surface area contributed by atoms with E-state index in [4.69, 9.17) is 9.73 Å². The topological polar surface area (TPSA) is 98.1 Å². The maximum Gasteiger partial charge on any atom is 0.169 e. The van der Waals surface area contributed by atoms with Gasteiger partial charge in [0.15, 0.2) is 6.23 Å². The van der Waals surface area contributed by atoms with E-state index in [1.807, 2.05) is 0 Å². The summed E-state index contributed by atoms with van der Waals surface area (Å²) in [5, 5.41) is 23.5. The average Bonchev–Trinajstić information content (AvgIpc) is 2.81. The van der Waals surface area contributed by atoms with Crippen LogP contribution in [0.25, 0.3) is 0 Å². The molecule has 146 valence electrons. The van der Waals surface area contributed by atoms with Crippen molar-refractivity contribution in [1.82, 2.24) is 16.2 Å². The number of aliphatic imine (C=N–C) groups is 1. The Kier molecular flexibility index (Phi) is 5.50. The van der Waals surface area contributed by atoms with Crippen LogP contribution in [-0.4, -0.2) is 46.7 Å². The SMILES string of the molecule is CCCC1=NC2OC(C3CC=C(O)C(O)C3)NC3CCCCC3C2NN1. The summed E-state index contributed by atoms with van der Waals surface area (Å²) in [4.78, 5) is 4.88. The Morgan fingerprint density at radius 3 is 2.96 bits per heavy atom. The molecule has 7 atom stereocenters. The van der Waals surface area contributed by atoms with E-state index >= 15 is 0 Å². The second-order valence-electron chi connectivity index (χ2n) is 8.17. The fourth-order valence-corrected chi connectivity index (χ4v) is 4.90. The number of nitrogens with zero attached hydrogens (tertiary/aromatic N) is 1. The van der Waals surface area contributed by atoms with Gasteiger partial charge in [-0.25, -0.2) is 10.4 Å². The van der Waals surface area contributed by atoms with E-state index < -0.39 is 6.10 Å². The Labute approximate surface area is 155 Å². The quantitative estimate of drug-likeness (QED) is 0.523. The molecule has 1 saturated heterocycles. The van der Waals surface area contributed by atoms with E-state index in [0.717, 1.165) is 25.1 Å². The molecule has 0 aromatic carbocycles. The number of hydrogen-bond donors (Lipinski definition) is 5. The van der Waals surface area contributed by atoms with E-state index in [1.54, 1.807) is 6.08 Å². The number of allylic oxidation sites excluding steroid dienone is 1. The molecule has 0 aromatic rings. The van der Waals surface area contributed by atoms with Gasteiger partial charge in [-0.15, -0.1) is 0 Å². The van der Waals surface area contributed by atoms with Crippen LogP contribution >= 0.6 is 0 Å². The van der Waals surface area contributed by atoms with Gasteiger partial charge in [0.2, 0.25) is 0 Å². The summed E-state index contributed by atoms with van der Waals surface area (Å²) in [6, 6.07) is 0.563. The predicted octanol–water partition coefficient (Wildman–Crippen LogP) is 1.71. The van der Waals surface area contributed by atoms with Crippen molar-refractivity contribution in [1.29, 1.82) is 0 Å². The largest absolute Gasteiger partial charge is 0.510 e. The molecule has 2 aliphatic carbocycles. The van der Waals surface area contributed by atoms with Crippen LogP contribution in [0.5, 0.6) is 0 Å². The molecule has 2 fully saturated rings. The molecular weight excluding hydrogens is 332 g/mol. The number of amidine groups is 1. The first-order chi connectivity index (χ1) is 12.7. The third kappa shape index (κ3) is 3.63. The number of rotatable bonds is 3. The molecule has 0 aromatic heterocycles. The summed E-state index contributed by atoms with van der Waals surface area (Å²) < 4.78 is 6.48. The van der Waals surface area contributed by atoms with Crippen LogP contribution < -0.4 is 16.2 Å². The van der Waals surface area contributed by atoms with Crippen molar-refractivity contribution in [3.05, 3.63) is 11.8 Å². The monoisotopic (exact) mass is 364 g/mol. The molecule has 0 spiro atoms. The van der Waals surface area contributed by atoms with E-state index in [-0.39, 0.29) is 30.2 Å². The molecule has 7 nitrogen and oxygen atoms in total. The van der Waals surface area contributed by atoms with Crippen molar-refractivity contribution >= 4 is 5.84 Å². The Bertz CT molecular complexity index is 567. The normalized spacial score (nSPS) is 43.2. The van der Waals surface area contributed by atoms with Crippen molar-refractivity contribution in [2.24, 2.45) is 16.8 Å². The Morgan fingerprint density at radius 1 is 1.31 bits per heavy atom. The molecule has 0 amide bonds. The molecule has 4 aliphatic rings. The van der Waals surface area contributed by atoms with Crippen molar-refractivity contribution < 1.29 is 14.9 Å². The maximum atomic E-state index is 10.1. The van der Waals surface area contributed by atoms with E-state index in [1.165, 1.54) is 19.3 Å². The van der Waals surface area contributed by atoms with Gasteiger partial charge < -0.3 is 20.4 Å². The molecule has 7 heteroatoms. The summed E-state index contributed by atoms with van der Waals surface area (Å²) >= 11 is 0. The number of hydrazine groups is 1. The fourth-order valence-electron chi connectivity index (χ4n) is 4.90. The first-order valence-corrected chi connectivity index (χ1v) is 10.2.